The lowest BCUT2D eigenvalue weighted by Gasteiger charge is -2.29. The first-order chi connectivity index (χ1) is 8.81. The van der Waals surface area contributed by atoms with Crippen LogP contribution in [0.2, 0.25) is 5.02 Å². The molecule has 4 rings (SSSR count). The molecule has 2 bridgehead atoms. The van der Waals surface area contributed by atoms with E-state index in [-0.39, 0.29) is 0 Å². The Kier molecular flexibility index (Phi) is 2.42. The Bertz CT molecular complexity index is 602. The summed E-state index contributed by atoms with van der Waals surface area (Å²) in [7, 11) is 0. The van der Waals surface area contributed by atoms with Crippen LogP contribution < -0.4 is 0 Å². The maximum absolute atomic E-state index is 6.15. The summed E-state index contributed by atoms with van der Waals surface area (Å²) in [6.07, 6.45) is 3.82. The molecule has 0 spiro atoms. The first kappa shape index (κ1) is 10.9. The fraction of sp³-hybridized carbons (Fsp3) is 0.467. The number of hydrogen-bond acceptors (Lipinski definition) is 1. The van der Waals surface area contributed by atoms with Gasteiger partial charge in [-0.05, 0) is 49.6 Å². The van der Waals surface area contributed by atoms with E-state index in [0.29, 0.717) is 5.92 Å². The molecule has 0 saturated carbocycles. The molecule has 0 amide bonds. The van der Waals surface area contributed by atoms with Crippen LogP contribution >= 0.6 is 11.6 Å². The van der Waals surface area contributed by atoms with E-state index in [1.807, 2.05) is 6.07 Å². The molecule has 0 radical (unpaired) electrons. The number of piperidine rings is 1. The molecule has 2 unspecified atom stereocenters. The second-order valence-corrected chi connectivity index (χ2v) is 6.03. The van der Waals surface area contributed by atoms with Gasteiger partial charge in [-0.3, -0.25) is 0 Å². The number of aromatic amines is 1. The number of nitrogens with one attached hydrogen (secondary N) is 1. The van der Waals surface area contributed by atoms with E-state index >= 15 is 0 Å². The summed E-state index contributed by atoms with van der Waals surface area (Å²) in [6.45, 7) is 3.70. The van der Waals surface area contributed by atoms with Gasteiger partial charge in [0.15, 0.2) is 0 Å². The molecule has 2 aromatic rings. The van der Waals surface area contributed by atoms with E-state index in [2.05, 4.69) is 22.0 Å². The maximum atomic E-state index is 6.15. The number of H-pyrrole nitrogens is 1. The molecule has 3 heteroatoms. The average molecular weight is 261 g/mol. The molecule has 18 heavy (non-hydrogen) atoms. The fourth-order valence-corrected chi connectivity index (χ4v) is 3.79. The minimum atomic E-state index is 0.697. The van der Waals surface area contributed by atoms with Crippen LogP contribution in [0.25, 0.3) is 10.9 Å². The summed E-state index contributed by atoms with van der Waals surface area (Å²) < 4.78 is 0. The third-order valence-corrected chi connectivity index (χ3v) is 4.73. The van der Waals surface area contributed by atoms with Crippen molar-refractivity contribution in [3.8, 4) is 0 Å². The third-order valence-electron chi connectivity index (χ3n) is 4.49. The van der Waals surface area contributed by atoms with Crippen LogP contribution in [-0.2, 0) is 6.42 Å². The second-order valence-electron chi connectivity index (χ2n) is 5.60. The van der Waals surface area contributed by atoms with Gasteiger partial charge in [0.05, 0.1) is 0 Å². The monoisotopic (exact) mass is 260 g/mol. The van der Waals surface area contributed by atoms with Gasteiger partial charge in [0.25, 0.3) is 0 Å². The predicted molar refractivity (Wildman–Crippen MR) is 75.4 cm³/mol. The van der Waals surface area contributed by atoms with Gasteiger partial charge in [0.1, 0.15) is 0 Å². The van der Waals surface area contributed by atoms with Crippen molar-refractivity contribution >= 4 is 22.5 Å². The smallest absolute Gasteiger partial charge is 0.0460 e. The lowest BCUT2D eigenvalue weighted by Crippen LogP contribution is -2.33. The fourth-order valence-electron chi connectivity index (χ4n) is 3.62. The van der Waals surface area contributed by atoms with Gasteiger partial charge < -0.3 is 9.88 Å². The predicted octanol–water partition coefficient (Wildman–Crippen LogP) is 3.56. The lowest BCUT2D eigenvalue weighted by atomic mass is 9.93. The average Bonchev–Trinajstić information content (AvgIpc) is 2.69. The van der Waals surface area contributed by atoms with E-state index in [9.17, 15) is 0 Å². The SMILES string of the molecule is Clc1ccc2[nH]c3c(c2c1)CCN1CCCC3C1. The highest BCUT2D eigenvalue weighted by Gasteiger charge is 2.28. The highest BCUT2D eigenvalue weighted by Crippen LogP contribution is 2.36. The molecule has 3 heterocycles. The molecule has 2 nitrogen and oxygen atoms in total. The normalized spacial score (nSPS) is 26.9. The van der Waals surface area contributed by atoms with Crippen molar-refractivity contribution < 1.29 is 0 Å². The molecule has 2 aliphatic heterocycles. The summed E-state index contributed by atoms with van der Waals surface area (Å²) in [6, 6.07) is 6.22. The zero-order valence-electron chi connectivity index (χ0n) is 10.4. The van der Waals surface area contributed by atoms with Crippen LogP contribution in [0.4, 0.5) is 0 Å². The zero-order chi connectivity index (χ0) is 12.1. The Morgan fingerprint density at radius 2 is 2.22 bits per heavy atom. The number of fused-ring (bicyclic) bond motifs is 6. The van der Waals surface area contributed by atoms with E-state index < -0.39 is 0 Å². The minimum Gasteiger partial charge on any atom is -0.358 e. The van der Waals surface area contributed by atoms with Crippen molar-refractivity contribution in [2.75, 3.05) is 19.6 Å². The van der Waals surface area contributed by atoms with Crippen molar-refractivity contribution in [1.82, 2.24) is 9.88 Å². The van der Waals surface area contributed by atoms with Crippen LogP contribution in [0.5, 0.6) is 0 Å². The summed E-state index contributed by atoms with van der Waals surface area (Å²) in [5, 5.41) is 2.18. The van der Waals surface area contributed by atoms with E-state index in [4.69, 9.17) is 11.6 Å². The lowest BCUT2D eigenvalue weighted by molar-refractivity contribution is 0.217. The quantitative estimate of drug-likeness (QED) is 0.767. The summed E-state index contributed by atoms with van der Waals surface area (Å²) in [5.74, 6) is 0.697. The summed E-state index contributed by atoms with van der Waals surface area (Å²) >= 11 is 6.15. The first-order valence-electron chi connectivity index (χ1n) is 6.83. The number of rotatable bonds is 0. The van der Waals surface area contributed by atoms with Gasteiger partial charge in [0, 0.05) is 40.6 Å². The molecule has 2 aliphatic rings. The molecular weight excluding hydrogens is 244 g/mol. The molecule has 1 fully saturated rings. The van der Waals surface area contributed by atoms with Gasteiger partial charge in [-0.25, -0.2) is 0 Å². The molecular formula is C15H17ClN2. The molecule has 1 N–H and O–H groups in total. The summed E-state index contributed by atoms with van der Waals surface area (Å²) in [4.78, 5) is 6.26. The highest BCUT2D eigenvalue weighted by molar-refractivity contribution is 6.31. The Morgan fingerprint density at radius 3 is 3.17 bits per heavy atom. The topological polar surface area (TPSA) is 19.0 Å². The number of aromatic nitrogens is 1. The van der Waals surface area contributed by atoms with Gasteiger partial charge in [0.2, 0.25) is 0 Å². The number of nitrogens with zero attached hydrogens (tertiary/aromatic N) is 1. The molecule has 1 aromatic heterocycles. The van der Waals surface area contributed by atoms with Crippen molar-refractivity contribution in [3.05, 3.63) is 34.5 Å². The number of hydrogen-bond donors (Lipinski definition) is 1. The van der Waals surface area contributed by atoms with Crippen molar-refractivity contribution in [2.24, 2.45) is 0 Å². The Labute approximate surface area is 112 Å². The van der Waals surface area contributed by atoms with Crippen LogP contribution in [0.1, 0.15) is 30.0 Å². The maximum Gasteiger partial charge on any atom is 0.0460 e. The zero-order valence-corrected chi connectivity index (χ0v) is 11.1. The first-order valence-corrected chi connectivity index (χ1v) is 7.21. The molecule has 1 aromatic carbocycles. The standard InChI is InChI=1S/C15H17ClN2/c16-11-3-4-14-13(8-11)12-5-7-18-6-1-2-10(9-18)15(12)17-14/h3-4,8,10,17H,1-2,5-7,9H2. The van der Waals surface area contributed by atoms with Gasteiger partial charge in [-0.1, -0.05) is 11.6 Å². The second kappa shape index (κ2) is 4.01. The molecule has 1 saturated heterocycles. The summed E-state index contributed by atoms with van der Waals surface area (Å²) in [5.41, 5.74) is 4.25. The Morgan fingerprint density at radius 1 is 1.28 bits per heavy atom. The Balaban J connectivity index is 1.92. The van der Waals surface area contributed by atoms with Crippen LogP contribution in [0.3, 0.4) is 0 Å². The highest BCUT2D eigenvalue weighted by atomic mass is 35.5. The van der Waals surface area contributed by atoms with Gasteiger partial charge in [-0.2, -0.15) is 0 Å². The van der Waals surface area contributed by atoms with Crippen LogP contribution in [-0.4, -0.2) is 29.5 Å². The van der Waals surface area contributed by atoms with Crippen molar-refractivity contribution in [1.29, 1.82) is 0 Å². The Hall–Kier alpha value is -0.990. The number of benzene rings is 1. The van der Waals surface area contributed by atoms with Crippen LogP contribution in [0.15, 0.2) is 18.2 Å². The van der Waals surface area contributed by atoms with E-state index in [0.717, 1.165) is 11.4 Å². The van der Waals surface area contributed by atoms with Crippen molar-refractivity contribution in [3.63, 3.8) is 0 Å². The van der Waals surface area contributed by atoms with E-state index in [1.54, 1.807) is 0 Å². The largest absolute Gasteiger partial charge is 0.358 e. The molecule has 2 atom stereocenters. The van der Waals surface area contributed by atoms with Gasteiger partial charge in [-0.15, -0.1) is 0 Å². The molecule has 94 valence electrons. The molecule has 0 aliphatic carbocycles. The third kappa shape index (κ3) is 1.59. The van der Waals surface area contributed by atoms with Gasteiger partial charge >= 0.3 is 0 Å². The minimum absolute atomic E-state index is 0.697. The van der Waals surface area contributed by atoms with Crippen LogP contribution in [0, 0.1) is 0 Å². The van der Waals surface area contributed by atoms with Crippen molar-refractivity contribution in [2.45, 2.75) is 25.2 Å². The number of halogens is 1. The van der Waals surface area contributed by atoms with E-state index in [1.165, 1.54) is 54.6 Å².